The van der Waals surface area contributed by atoms with E-state index >= 15 is 0 Å². The van der Waals surface area contributed by atoms with Crippen LogP contribution in [0.2, 0.25) is 0 Å². The Morgan fingerprint density at radius 2 is 2.30 bits per heavy atom. The third-order valence-electron chi connectivity index (χ3n) is 4.09. The van der Waals surface area contributed by atoms with E-state index in [4.69, 9.17) is 4.52 Å². The van der Waals surface area contributed by atoms with Gasteiger partial charge in [0, 0.05) is 24.0 Å². The Kier molecular flexibility index (Phi) is 3.81. The van der Waals surface area contributed by atoms with Crippen molar-refractivity contribution in [2.45, 2.75) is 32.0 Å². The standard InChI is InChI=1S/C15H17N7O/c1-3-12(7-16-5-1)15-19-14(23-20-15)9-21-6-2-4-13(21)8-22-11-17-10-18-22/h1,3,5,7,10-11,13H,2,4,6,8-9H2/t13-/m1/s1. The number of pyridine rings is 1. The summed E-state index contributed by atoms with van der Waals surface area (Å²) in [4.78, 5) is 14.9. The van der Waals surface area contributed by atoms with Gasteiger partial charge in [0.25, 0.3) is 0 Å². The van der Waals surface area contributed by atoms with Crippen LogP contribution in [0.25, 0.3) is 11.4 Å². The van der Waals surface area contributed by atoms with Crippen LogP contribution in [0.4, 0.5) is 0 Å². The summed E-state index contributed by atoms with van der Waals surface area (Å²) >= 11 is 0. The second-order valence-corrected chi connectivity index (χ2v) is 5.64. The molecule has 3 aromatic heterocycles. The fourth-order valence-electron chi connectivity index (χ4n) is 2.96. The SMILES string of the molecule is c1cncc(-c2noc(CN3CCC[C@@H]3Cn3cncn3)n2)c1. The minimum absolute atomic E-state index is 0.422. The fraction of sp³-hybridized carbons (Fsp3) is 0.400. The van der Waals surface area contributed by atoms with Gasteiger partial charge in [-0.3, -0.25) is 14.6 Å². The second-order valence-electron chi connectivity index (χ2n) is 5.64. The second kappa shape index (κ2) is 6.25. The Morgan fingerprint density at radius 1 is 1.30 bits per heavy atom. The number of aromatic nitrogens is 6. The van der Waals surface area contributed by atoms with E-state index in [1.165, 1.54) is 6.42 Å². The zero-order valence-electron chi connectivity index (χ0n) is 12.6. The van der Waals surface area contributed by atoms with Crippen LogP contribution in [0.5, 0.6) is 0 Å². The van der Waals surface area contributed by atoms with Gasteiger partial charge in [-0.15, -0.1) is 0 Å². The molecule has 0 N–H and O–H groups in total. The molecule has 1 fully saturated rings. The first-order valence-electron chi connectivity index (χ1n) is 7.68. The van der Waals surface area contributed by atoms with Crippen LogP contribution in [0.15, 0.2) is 41.7 Å². The number of nitrogens with zero attached hydrogens (tertiary/aromatic N) is 7. The van der Waals surface area contributed by atoms with Crippen molar-refractivity contribution in [1.29, 1.82) is 0 Å². The molecule has 23 heavy (non-hydrogen) atoms. The van der Waals surface area contributed by atoms with Crippen molar-refractivity contribution in [3.63, 3.8) is 0 Å². The van der Waals surface area contributed by atoms with Crippen LogP contribution in [-0.4, -0.2) is 47.4 Å². The summed E-state index contributed by atoms with van der Waals surface area (Å²) in [7, 11) is 0. The lowest BCUT2D eigenvalue weighted by molar-refractivity contribution is 0.192. The molecule has 8 heteroatoms. The minimum Gasteiger partial charge on any atom is -0.338 e. The maximum absolute atomic E-state index is 5.40. The van der Waals surface area contributed by atoms with E-state index in [1.54, 1.807) is 25.0 Å². The number of likely N-dealkylation sites (tertiary alicyclic amines) is 1. The molecule has 1 aliphatic heterocycles. The van der Waals surface area contributed by atoms with Gasteiger partial charge in [-0.25, -0.2) is 4.98 Å². The Balaban J connectivity index is 1.44. The highest BCUT2D eigenvalue weighted by Crippen LogP contribution is 2.22. The quantitative estimate of drug-likeness (QED) is 0.703. The summed E-state index contributed by atoms with van der Waals surface area (Å²) in [6.45, 7) is 2.53. The van der Waals surface area contributed by atoms with E-state index in [1.807, 2.05) is 16.8 Å². The molecule has 0 bridgehead atoms. The van der Waals surface area contributed by atoms with Crippen molar-refractivity contribution >= 4 is 0 Å². The van der Waals surface area contributed by atoms with E-state index in [9.17, 15) is 0 Å². The fourth-order valence-corrected chi connectivity index (χ4v) is 2.96. The molecular weight excluding hydrogens is 294 g/mol. The molecular formula is C15H17N7O. The summed E-state index contributed by atoms with van der Waals surface area (Å²) in [5, 5.41) is 8.23. The Labute approximate surface area is 133 Å². The molecule has 3 aromatic rings. The van der Waals surface area contributed by atoms with Gasteiger partial charge in [0.05, 0.1) is 13.1 Å². The number of hydrogen-bond acceptors (Lipinski definition) is 7. The molecule has 4 rings (SSSR count). The van der Waals surface area contributed by atoms with E-state index in [0.717, 1.165) is 25.1 Å². The summed E-state index contributed by atoms with van der Waals surface area (Å²) in [6, 6.07) is 4.20. The lowest BCUT2D eigenvalue weighted by atomic mass is 10.2. The highest BCUT2D eigenvalue weighted by molar-refractivity contribution is 5.51. The molecule has 1 atom stereocenters. The van der Waals surface area contributed by atoms with Crippen LogP contribution >= 0.6 is 0 Å². The Morgan fingerprint density at radius 3 is 3.13 bits per heavy atom. The van der Waals surface area contributed by atoms with E-state index in [0.29, 0.717) is 24.3 Å². The van der Waals surface area contributed by atoms with Crippen molar-refractivity contribution in [2.24, 2.45) is 0 Å². The van der Waals surface area contributed by atoms with Crippen LogP contribution < -0.4 is 0 Å². The largest absolute Gasteiger partial charge is 0.338 e. The lowest BCUT2D eigenvalue weighted by Gasteiger charge is -2.22. The van der Waals surface area contributed by atoms with Crippen LogP contribution in [0.3, 0.4) is 0 Å². The van der Waals surface area contributed by atoms with Crippen LogP contribution in [0.1, 0.15) is 18.7 Å². The first kappa shape index (κ1) is 14.0. The smallest absolute Gasteiger partial charge is 0.241 e. The predicted molar refractivity (Wildman–Crippen MR) is 81.0 cm³/mol. The zero-order chi connectivity index (χ0) is 15.5. The summed E-state index contributed by atoms with van der Waals surface area (Å²) < 4.78 is 7.27. The Bertz CT molecular complexity index is 740. The van der Waals surface area contributed by atoms with E-state index in [-0.39, 0.29) is 0 Å². The molecule has 118 valence electrons. The molecule has 4 heterocycles. The average Bonchev–Trinajstić information content (AvgIpc) is 3.33. The maximum atomic E-state index is 5.40. The molecule has 0 aromatic carbocycles. The van der Waals surface area contributed by atoms with Gasteiger partial charge in [0.1, 0.15) is 12.7 Å². The monoisotopic (exact) mass is 311 g/mol. The van der Waals surface area contributed by atoms with Crippen molar-refractivity contribution in [2.75, 3.05) is 6.54 Å². The maximum Gasteiger partial charge on any atom is 0.241 e. The van der Waals surface area contributed by atoms with E-state index < -0.39 is 0 Å². The van der Waals surface area contributed by atoms with Crippen molar-refractivity contribution < 1.29 is 4.52 Å². The van der Waals surface area contributed by atoms with Gasteiger partial charge in [0.15, 0.2) is 0 Å². The molecule has 1 saturated heterocycles. The van der Waals surface area contributed by atoms with Gasteiger partial charge in [-0.2, -0.15) is 10.1 Å². The number of hydrogen-bond donors (Lipinski definition) is 0. The molecule has 0 radical (unpaired) electrons. The molecule has 0 amide bonds. The van der Waals surface area contributed by atoms with Crippen LogP contribution in [0, 0.1) is 0 Å². The predicted octanol–water partition coefficient (Wildman–Crippen LogP) is 1.39. The van der Waals surface area contributed by atoms with Gasteiger partial charge < -0.3 is 4.52 Å². The summed E-state index contributed by atoms with van der Waals surface area (Å²) in [5.74, 6) is 1.22. The molecule has 1 aliphatic rings. The van der Waals surface area contributed by atoms with Crippen molar-refractivity contribution in [3.05, 3.63) is 43.1 Å². The van der Waals surface area contributed by atoms with Gasteiger partial charge in [-0.1, -0.05) is 5.16 Å². The van der Waals surface area contributed by atoms with Crippen molar-refractivity contribution in [3.8, 4) is 11.4 Å². The first-order valence-corrected chi connectivity index (χ1v) is 7.68. The first-order chi connectivity index (χ1) is 11.4. The van der Waals surface area contributed by atoms with E-state index in [2.05, 4.69) is 30.1 Å². The molecule has 0 saturated carbocycles. The molecule has 0 aliphatic carbocycles. The number of rotatable bonds is 5. The zero-order valence-corrected chi connectivity index (χ0v) is 12.6. The normalized spacial score (nSPS) is 18.5. The molecule has 0 spiro atoms. The summed E-state index contributed by atoms with van der Waals surface area (Å²) in [5.41, 5.74) is 0.864. The average molecular weight is 311 g/mol. The highest BCUT2D eigenvalue weighted by atomic mass is 16.5. The Hall–Kier alpha value is -2.61. The third-order valence-corrected chi connectivity index (χ3v) is 4.09. The van der Waals surface area contributed by atoms with Gasteiger partial charge in [0.2, 0.25) is 11.7 Å². The molecule has 0 unspecified atom stereocenters. The minimum atomic E-state index is 0.422. The van der Waals surface area contributed by atoms with Crippen LogP contribution in [-0.2, 0) is 13.1 Å². The van der Waals surface area contributed by atoms with Gasteiger partial charge in [-0.05, 0) is 31.5 Å². The van der Waals surface area contributed by atoms with Crippen molar-refractivity contribution in [1.82, 2.24) is 34.8 Å². The lowest BCUT2D eigenvalue weighted by Crippen LogP contribution is -2.32. The third kappa shape index (κ3) is 3.11. The summed E-state index contributed by atoms with van der Waals surface area (Å²) in [6.07, 6.45) is 9.09. The highest BCUT2D eigenvalue weighted by Gasteiger charge is 2.26. The molecule has 8 nitrogen and oxygen atoms in total. The van der Waals surface area contributed by atoms with Gasteiger partial charge >= 0.3 is 0 Å². The topological polar surface area (TPSA) is 85.8 Å².